The minimum atomic E-state index is -4.60. The van der Waals surface area contributed by atoms with Crippen molar-refractivity contribution in [3.8, 4) is 23.0 Å². The number of methoxy groups -OCH3 is 3. The van der Waals surface area contributed by atoms with Gasteiger partial charge in [0.25, 0.3) is 0 Å². The summed E-state index contributed by atoms with van der Waals surface area (Å²) in [6.07, 6.45) is -3.83. The molecule has 0 spiro atoms. The first-order valence-electron chi connectivity index (χ1n) is 17.4. The molecule has 1 saturated heterocycles. The van der Waals surface area contributed by atoms with Gasteiger partial charge in [-0.1, -0.05) is 24.3 Å². The zero-order chi connectivity index (χ0) is 39.1. The predicted octanol–water partition coefficient (Wildman–Crippen LogP) is 7.63. The summed E-state index contributed by atoms with van der Waals surface area (Å²) in [4.78, 5) is 42.5. The molecule has 11 nitrogen and oxygen atoms in total. The molecule has 14 heteroatoms. The number of nitrogens with zero attached hydrogens (tertiary/aromatic N) is 5. The second kappa shape index (κ2) is 16.9. The Balaban J connectivity index is 1.28. The van der Waals surface area contributed by atoms with Crippen LogP contribution in [0.5, 0.6) is 23.0 Å². The van der Waals surface area contributed by atoms with E-state index in [1.54, 1.807) is 36.5 Å². The van der Waals surface area contributed by atoms with Crippen LogP contribution in [0, 0.1) is 0 Å². The highest BCUT2D eigenvalue weighted by Crippen LogP contribution is 2.37. The van der Waals surface area contributed by atoms with Crippen LogP contribution in [0.2, 0.25) is 0 Å². The van der Waals surface area contributed by atoms with Gasteiger partial charge in [0.05, 0.1) is 32.6 Å². The van der Waals surface area contributed by atoms with Crippen molar-refractivity contribution in [2.45, 2.75) is 19.0 Å². The Morgan fingerprint density at radius 2 is 1.51 bits per heavy atom. The van der Waals surface area contributed by atoms with Crippen molar-refractivity contribution in [3.05, 3.63) is 125 Å². The number of likely N-dealkylation sites (N-methyl/N-ethyl adjacent to an activating group) is 1. The second-order valence-corrected chi connectivity index (χ2v) is 12.9. The Morgan fingerprint density at radius 1 is 0.782 bits per heavy atom. The molecular formula is C41H40F3N5O6. The Bertz CT molecular complexity index is 2140. The molecule has 1 fully saturated rings. The minimum absolute atomic E-state index is 0.0170. The number of anilines is 3. The highest BCUT2D eigenvalue weighted by molar-refractivity contribution is 5.99. The number of alkyl halides is 3. The SMILES string of the molecule is COc1cc(CC(=O)c2cccc(C(F)(F)F)c2)cc(OC(=O)N(c2ccnc(Cc3ccc(N4CCN(C)CC4)cc3)n2)c2ccc(OC)cc2OC)c1. The fraction of sp³-hybridized carbons (Fsp3) is 0.268. The van der Waals surface area contributed by atoms with E-state index in [4.69, 9.17) is 23.9 Å². The van der Waals surface area contributed by atoms with Gasteiger partial charge in [-0.15, -0.1) is 0 Å². The Kier molecular flexibility index (Phi) is 11.8. The summed E-state index contributed by atoms with van der Waals surface area (Å²) < 4.78 is 62.3. The molecule has 55 heavy (non-hydrogen) atoms. The van der Waals surface area contributed by atoms with Crippen LogP contribution in [0.3, 0.4) is 0 Å². The number of ketones is 1. The molecule has 286 valence electrons. The molecule has 0 saturated carbocycles. The van der Waals surface area contributed by atoms with Crippen LogP contribution in [0.1, 0.15) is 32.9 Å². The summed E-state index contributed by atoms with van der Waals surface area (Å²) in [7, 11) is 6.48. The number of rotatable bonds is 12. The van der Waals surface area contributed by atoms with Crippen LogP contribution < -0.4 is 28.7 Å². The van der Waals surface area contributed by atoms with Gasteiger partial charge in [0, 0.05) is 68.6 Å². The van der Waals surface area contributed by atoms with Crippen LogP contribution in [0.25, 0.3) is 0 Å². The Labute approximate surface area is 316 Å². The number of hydrogen-bond acceptors (Lipinski definition) is 10. The van der Waals surface area contributed by atoms with E-state index < -0.39 is 23.6 Å². The van der Waals surface area contributed by atoms with Gasteiger partial charge in [-0.3, -0.25) is 4.79 Å². The van der Waals surface area contributed by atoms with Gasteiger partial charge in [-0.2, -0.15) is 13.2 Å². The van der Waals surface area contributed by atoms with Crippen LogP contribution >= 0.6 is 0 Å². The lowest BCUT2D eigenvalue weighted by Crippen LogP contribution is -2.44. The summed E-state index contributed by atoms with van der Waals surface area (Å²) in [6.45, 7) is 3.91. The number of ether oxygens (including phenoxy) is 4. The van der Waals surface area contributed by atoms with Crippen molar-refractivity contribution in [2.24, 2.45) is 0 Å². The summed E-state index contributed by atoms with van der Waals surface area (Å²) >= 11 is 0. The molecule has 6 rings (SSSR count). The largest absolute Gasteiger partial charge is 0.497 e. The quantitative estimate of drug-likeness (QED) is 0.118. The third-order valence-corrected chi connectivity index (χ3v) is 9.15. The molecule has 2 heterocycles. The minimum Gasteiger partial charge on any atom is -0.497 e. The number of hydrogen-bond donors (Lipinski definition) is 0. The molecule has 1 aliphatic heterocycles. The molecule has 5 aromatic rings. The van der Waals surface area contributed by atoms with Crippen molar-refractivity contribution < 1.29 is 41.7 Å². The van der Waals surface area contributed by atoms with Crippen LogP contribution in [-0.4, -0.2) is 81.3 Å². The maximum atomic E-state index is 14.2. The standard InChI is InChI=1S/C41H40F3N5O6/c1-47-16-18-48(19-17-47)31-10-8-27(9-11-31)23-38-45-15-14-39(46-38)49(35-13-12-32(52-2)26-37(35)54-4)40(51)55-34-21-28(20-33(25-34)53-3)22-36(50)29-6-5-7-30(24-29)41(42,43)44/h5-15,20-21,24-26H,16-19,22-23H2,1-4H3. The molecule has 0 bridgehead atoms. The van der Waals surface area contributed by atoms with E-state index in [2.05, 4.69) is 34.0 Å². The number of amides is 1. The van der Waals surface area contributed by atoms with E-state index in [1.165, 1.54) is 50.5 Å². The summed E-state index contributed by atoms with van der Waals surface area (Å²) in [5, 5.41) is 0. The lowest BCUT2D eigenvalue weighted by molar-refractivity contribution is -0.137. The molecule has 1 aromatic heterocycles. The molecule has 1 amide bonds. The summed E-state index contributed by atoms with van der Waals surface area (Å²) in [6, 6.07) is 23.4. The van der Waals surface area contributed by atoms with Crippen LogP contribution in [0.15, 0.2) is 97.2 Å². The summed E-state index contributed by atoms with van der Waals surface area (Å²) in [5.74, 6) is 1.12. The predicted molar refractivity (Wildman–Crippen MR) is 201 cm³/mol. The first-order valence-corrected chi connectivity index (χ1v) is 17.4. The fourth-order valence-electron chi connectivity index (χ4n) is 6.17. The average Bonchev–Trinajstić information content (AvgIpc) is 3.18. The third kappa shape index (κ3) is 9.51. The highest BCUT2D eigenvalue weighted by atomic mass is 19.4. The Hall–Kier alpha value is -6.15. The maximum absolute atomic E-state index is 14.2. The number of carbonyl (C=O) groups excluding carboxylic acids is 2. The van der Waals surface area contributed by atoms with Crippen molar-refractivity contribution in [1.29, 1.82) is 0 Å². The number of carbonyl (C=O) groups is 2. The molecule has 0 N–H and O–H groups in total. The monoisotopic (exact) mass is 755 g/mol. The van der Waals surface area contributed by atoms with Gasteiger partial charge < -0.3 is 28.7 Å². The number of piperazine rings is 1. The van der Waals surface area contributed by atoms with E-state index >= 15 is 0 Å². The molecule has 4 aromatic carbocycles. The second-order valence-electron chi connectivity index (χ2n) is 12.9. The van der Waals surface area contributed by atoms with Gasteiger partial charge >= 0.3 is 12.3 Å². The first-order chi connectivity index (χ1) is 26.4. The molecule has 0 radical (unpaired) electrons. The van der Waals surface area contributed by atoms with Gasteiger partial charge in [0.1, 0.15) is 34.6 Å². The van der Waals surface area contributed by atoms with E-state index in [1.807, 2.05) is 12.1 Å². The van der Waals surface area contributed by atoms with Gasteiger partial charge in [-0.05, 0) is 72.8 Å². The van der Waals surface area contributed by atoms with E-state index in [0.29, 0.717) is 23.6 Å². The van der Waals surface area contributed by atoms with Crippen LogP contribution in [-0.2, 0) is 19.0 Å². The zero-order valence-corrected chi connectivity index (χ0v) is 30.8. The number of halogens is 3. The molecule has 0 aliphatic carbocycles. The lowest BCUT2D eigenvalue weighted by Gasteiger charge is -2.34. The molecular weight excluding hydrogens is 715 g/mol. The third-order valence-electron chi connectivity index (χ3n) is 9.15. The topological polar surface area (TPSA) is 107 Å². The van der Waals surface area contributed by atoms with Crippen molar-refractivity contribution in [1.82, 2.24) is 14.9 Å². The van der Waals surface area contributed by atoms with Gasteiger partial charge in [-0.25, -0.2) is 19.7 Å². The summed E-state index contributed by atoms with van der Waals surface area (Å²) in [5.41, 5.74) is 1.72. The first kappa shape index (κ1) is 38.6. The lowest BCUT2D eigenvalue weighted by atomic mass is 10.0. The normalized spacial score (nSPS) is 13.3. The molecule has 0 unspecified atom stereocenters. The number of benzene rings is 4. The zero-order valence-electron chi connectivity index (χ0n) is 30.8. The van der Waals surface area contributed by atoms with E-state index in [9.17, 15) is 22.8 Å². The Morgan fingerprint density at radius 3 is 2.20 bits per heavy atom. The number of Topliss-reactive ketones (excluding diaryl/α,β-unsaturated/α-hetero) is 1. The molecule has 0 atom stereocenters. The smallest absolute Gasteiger partial charge is 0.425 e. The van der Waals surface area contributed by atoms with E-state index in [0.717, 1.165) is 49.6 Å². The fourth-order valence-corrected chi connectivity index (χ4v) is 6.17. The maximum Gasteiger partial charge on any atom is 0.425 e. The average molecular weight is 756 g/mol. The van der Waals surface area contributed by atoms with E-state index in [-0.39, 0.29) is 40.7 Å². The van der Waals surface area contributed by atoms with Crippen molar-refractivity contribution >= 4 is 29.1 Å². The highest BCUT2D eigenvalue weighted by Gasteiger charge is 2.31. The number of aromatic nitrogens is 2. The van der Waals surface area contributed by atoms with Crippen LogP contribution in [0.4, 0.5) is 35.2 Å². The van der Waals surface area contributed by atoms with Crippen molar-refractivity contribution in [3.63, 3.8) is 0 Å². The van der Waals surface area contributed by atoms with Crippen molar-refractivity contribution in [2.75, 3.05) is 64.4 Å². The van der Waals surface area contributed by atoms with Gasteiger partial charge in [0.2, 0.25) is 0 Å². The molecule has 1 aliphatic rings. The van der Waals surface area contributed by atoms with Gasteiger partial charge in [0.15, 0.2) is 5.78 Å².